The molecule has 1 aromatic rings. The molecule has 1 aromatic carbocycles. The summed E-state index contributed by atoms with van der Waals surface area (Å²) in [5.74, 6) is 0.679. The van der Waals surface area contributed by atoms with Crippen molar-refractivity contribution in [2.45, 2.75) is 79.6 Å². The predicted molar refractivity (Wildman–Crippen MR) is 145 cm³/mol. The largest absolute Gasteiger partial charge is 0.507 e. The van der Waals surface area contributed by atoms with Crippen LogP contribution in [0.15, 0.2) is 78.5 Å². The van der Waals surface area contributed by atoms with Crippen LogP contribution in [-0.2, 0) is 10.8 Å². The van der Waals surface area contributed by atoms with E-state index in [0.717, 1.165) is 28.8 Å². The van der Waals surface area contributed by atoms with Crippen LogP contribution in [0, 0.1) is 5.92 Å². The molecule has 0 aromatic heterocycles. The number of allylic oxidation sites excluding steroid dienone is 6. The molecule has 176 valence electrons. The lowest BCUT2D eigenvalue weighted by molar-refractivity contribution is 0.444. The van der Waals surface area contributed by atoms with E-state index in [1.54, 1.807) is 6.21 Å². The minimum atomic E-state index is -0.147. The third-order valence-electron chi connectivity index (χ3n) is 5.17. The minimum Gasteiger partial charge on any atom is -0.507 e. The van der Waals surface area contributed by atoms with Crippen molar-refractivity contribution in [3.8, 4) is 5.75 Å². The van der Waals surface area contributed by atoms with Gasteiger partial charge in [0.25, 0.3) is 0 Å². The van der Waals surface area contributed by atoms with E-state index in [1.165, 1.54) is 5.56 Å². The zero-order valence-electron chi connectivity index (χ0n) is 21.9. The first kappa shape index (κ1) is 29.4. The van der Waals surface area contributed by atoms with Gasteiger partial charge in [-0.15, -0.1) is 19.7 Å². The molecule has 0 saturated carbocycles. The number of phenolic OH excluding ortho intramolecular Hbond substituents is 1. The Morgan fingerprint density at radius 1 is 1.03 bits per heavy atom. The standard InChI is InChI=1S/C26H35NO.C2H6.C2H4/c1-9-19-11-10-12-23(18(2)13-14-19)27-17-20-15-21(25(3,4)5)16-22(24(20)28)26(6,7)8;2*1-2/h9-13,15-17,19,28H,1,14H2,2-8H3;1-2H3;1-2H2/b11-10+,18-13+,23-12+,27-17?;;. The number of hydrogen-bond acceptors (Lipinski definition) is 2. The maximum absolute atomic E-state index is 10.9. The van der Waals surface area contributed by atoms with E-state index in [0.29, 0.717) is 11.7 Å². The van der Waals surface area contributed by atoms with Crippen LogP contribution in [0.2, 0.25) is 0 Å². The van der Waals surface area contributed by atoms with E-state index in [1.807, 2.05) is 32.1 Å². The van der Waals surface area contributed by atoms with Gasteiger partial charge in [0.15, 0.2) is 0 Å². The van der Waals surface area contributed by atoms with Gasteiger partial charge in [-0.25, -0.2) is 0 Å². The molecule has 2 heteroatoms. The molecule has 1 unspecified atom stereocenters. The molecule has 0 amide bonds. The van der Waals surface area contributed by atoms with E-state index in [2.05, 4.69) is 92.5 Å². The first-order valence-electron chi connectivity index (χ1n) is 11.5. The predicted octanol–water partition coefficient (Wildman–Crippen LogP) is 8.83. The second-order valence-electron chi connectivity index (χ2n) is 9.68. The lowest BCUT2D eigenvalue weighted by Crippen LogP contribution is -2.17. The fourth-order valence-corrected chi connectivity index (χ4v) is 3.14. The van der Waals surface area contributed by atoms with Gasteiger partial charge in [0.05, 0.1) is 5.70 Å². The van der Waals surface area contributed by atoms with Crippen molar-refractivity contribution in [1.29, 1.82) is 0 Å². The van der Waals surface area contributed by atoms with E-state index in [4.69, 9.17) is 4.99 Å². The molecule has 2 rings (SSSR count). The molecule has 1 N–H and O–H groups in total. The molecule has 1 aliphatic rings. The quantitative estimate of drug-likeness (QED) is 0.373. The topological polar surface area (TPSA) is 32.6 Å². The molecule has 32 heavy (non-hydrogen) atoms. The second kappa shape index (κ2) is 13.1. The zero-order chi connectivity index (χ0) is 25.1. The Morgan fingerprint density at radius 2 is 1.62 bits per heavy atom. The first-order chi connectivity index (χ1) is 14.9. The van der Waals surface area contributed by atoms with Crippen molar-refractivity contribution in [1.82, 2.24) is 0 Å². The second-order valence-corrected chi connectivity index (χ2v) is 9.68. The van der Waals surface area contributed by atoms with Crippen LogP contribution in [0.3, 0.4) is 0 Å². The van der Waals surface area contributed by atoms with Gasteiger partial charge in [0.1, 0.15) is 5.75 Å². The summed E-state index contributed by atoms with van der Waals surface area (Å²) in [4.78, 5) is 4.72. The monoisotopic (exact) mass is 435 g/mol. The molecular formula is C30H45NO. The first-order valence-corrected chi connectivity index (χ1v) is 11.5. The number of aromatic hydroxyl groups is 1. The number of hydrogen-bond donors (Lipinski definition) is 1. The van der Waals surface area contributed by atoms with Crippen molar-refractivity contribution < 1.29 is 5.11 Å². The summed E-state index contributed by atoms with van der Waals surface area (Å²) in [6.07, 6.45) is 13.1. The molecule has 0 spiro atoms. The van der Waals surface area contributed by atoms with Gasteiger partial charge < -0.3 is 5.11 Å². The summed E-state index contributed by atoms with van der Waals surface area (Å²) >= 11 is 0. The van der Waals surface area contributed by atoms with Crippen LogP contribution in [-0.4, -0.2) is 11.3 Å². The van der Waals surface area contributed by atoms with Crippen LogP contribution in [0.1, 0.15) is 85.4 Å². The van der Waals surface area contributed by atoms with E-state index in [-0.39, 0.29) is 10.8 Å². The summed E-state index contributed by atoms with van der Waals surface area (Å²) in [6, 6.07) is 4.19. The maximum Gasteiger partial charge on any atom is 0.128 e. The van der Waals surface area contributed by atoms with Crippen LogP contribution in [0.25, 0.3) is 0 Å². The molecule has 0 saturated heterocycles. The summed E-state index contributed by atoms with van der Waals surface area (Å²) in [5.41, 5.74) is 4.81. The third kappa shape index (κ3) is 8.49. The normalized spacial score (nSPS) is 20.7. The molecule has 1 atom stereocenters. The van der Waals surface area contributed by atoms with Gasteiger partial charge in [-0.1, -0.05) is 85.8 Å². The molecule has 0 radical (unpaired) electrons. The maximum atomic E-state index is 10.9. The van der Waals surface area contributed by atoms with Crippen LogP contribution in [0.4, 0.5) is 0 Å². The molecule has 0 fully saturated rings. The van der Waals surface area contributed by atoms with Crippen molar-refractivity contribution in [2.75, 3.05) is 0 Å². The summed E-state index contributed by atoms with van der Waals surface area (Å²) in [6.45, 7) is 28.9. The highest BCUT2D eigenvalue weighted by Gasteiger charge is 2.24. The zero-order valence-corrected chi connectivity index (χ0v) is 21.9. The summed E-state index contributed by atoms with van der Waals surface area (Å²) < 4.78 is 0. The van der Waals surface area contributed by atoms with Gasteiger partial charge in [-0.2, -0.15) is 0 Å². The van der Waals surface area contributed by atoms with Crippen molar-refractivity contribution in [3.63, 3.8) is 0 Å². The van der Waals surface area contributed by atoms with E-state index in [9.17, 15) is 5.11 Å². The SMILES string of the molecule is C=C.C=CC1/C=C/C=C(N=Cc2cc(C(C)(C)C)cc(C(C)(C)C)c2O)\C(C)=C\C1.CC. The highest BCUT2D eigenvalue weighted by atomic mass is 16.3. The number of aliphatic imine (C=N–C) groups is 1. The van der Waals surface area contributed by atoms with E-state index >= 15 is 0 Å². The average molecular weight is 436 g/mol. The lowest BCUT2D eigenvalue weighted by atomic mass is 9.79. The Morgan fingerprint density at radius 3 is 2.12 bits per heavy atom. The molecule has 2 nitrogen and oxygen atoms in total. The Hall–Kier alpha value is -2.61. The molecule has 1 aliphatic carbocycles. The number of nitrogens with zero attached hydrogens (tertiary/aromatic N) is 1. The number of phenols is 1. The van der Waals surface area contributed by atoms with Crippen molar-refractivity contribution in [3.05, 3.63) is 90.2 Å². The molecule has 0 aliphatic heterocycles. The van der Waals surface area contributed by atoms with Crippen LogP contribution >= 0.6 is 0 Å². The summed E-state index contributed by atoms with van der Waals surface area (Å²) in [5, 5.41) is 10.9. The smallest absolute Gasteiger partial charge is 0.128 e. The molecule has 0 heterocycles. The van der Waals surface area contributed by atoms with Gasteiger partial charge in [-0.05, 0) is 53.4 Å². The molecule has 0 bridgehead atoms. The van der Waals surface area contributed by atoms with Gasteiger partial charge in [0, 0.05) is 17.3 Å². The fourth-order valence-electron chi connectivity index (χ4n) is 3.14. The van der Waals surface area contributed by atoms with Crippen molar-refractivity contribution >= 4 is 6.21 Å². The Kier molecular flexibility index (Phi) is 12.0. The highest BCUT2D eigenvalue weighted by Crippen LogP contribution is 2.37. The fraction of sp³-hybridized carbons (Fsp3) is 0.433. The minimum absolute atomic E-state index is 0.00590. The Labute approximate surface area is 197 Å². The summed E-state index contributed by atoms with van der Waals surface area (Å²) in [7, 11) is 0. The molecular weight excluding hydrogens is 390 g/mol. The van der Waals surface area contributed by atoms with Crippen LogP contribution < -0.4 is 0 Å². The average Bonchev–Trinajstić information content (AvgIpc) is 2.73. The van der Waals surface area contributed by atoms with Gasteiger partial charge in [-0.3, -0.25) is 4.99 Å². The lowest BCUT2D eigenvalue weighted by Gasteiger charge is -2.27. The Bertz CT molecular complexity index is 867. The van der Waals surface area contributed by atoms with Gasteiger partial charge in [0.2, 0.25) is 0 Å². The van der Waals surface area contributed by atoms with Crippen LogP contribution in [0.5, 0.6) is 5.75 Å². The number of benzene rings is 1. The third-order valence-corrected chi connectivity index (χ3v) is 5.17. The van der Waals surface area contributed by atoms with Crippen molar-refractivity contribution in [2.24, 2.45) is 10.9 Å². The van der Waals surface area contributed by atoms with Gasteiger partial charge >= 0.3 is 0 Å². The number of rotatable bonds is 3. The van der Waals surface area contributed by atoms with E-state index < -0.39 is 0 Å². The Balaban J connectivity index is 0.00000227. The highest BCUT2D eigenvalue weighted by molar-refractivity contribution is 5.86.